The summed E-state index contributed by atoms with van der Waals surface area (Å²) in [7, 11) is 0. The zero-order valence-corrected chi connectivity index (χ0v) is 21.6. The van der Waals surface area contributed by atoms with Crippen molar-refractivity contribution in [3.63, 3.8) is 0 Å². The Bertz CT molecular complexity index is 1140. The van der Waals surface area contributed by atoms with Gasteiger partial charge in [0.2, 0.25) is 5.91 Å². The zero-order valence-electron chi connectivity index (χ0n) is 20.1. The minimum Gasteiger partial charge on any atom is -0.391 e. The number of amides is 2. The summed E-state index contributed by atoms with van der Waals surface area (Å²) < 4.78 is 0. The number of fused-ring (bicyclic) bond motifs is 1. The summed E-state index contributed by atoms with van der Waals surface area (Å²) in [6.45, 7) is 5.19. The molecule has 2 heterocycles. The van der Waals surface area contributed by atoms with E-state index in [0.717, 1.165) is 36.8 Å². The van der Waals surface area contributed by atoms with Gasteiger partial charge in [-0.3, -0.25) is 9.59 Å². The number of benzene rings is 2. The minimum atomic E-state index is -0.469. The van der Waals surface area contributed by atoms with E-state index in [1.165, 1.54) is 0 Å². The van der Waals surface area contributed by atoms with Crippen LogP contribution in [0.1, 0.15) is 72.9 Å². The summed E-state index contributed by atoms with van der Waals surface area (Å²) in [6, 6.07) is 13.6. The van der Waals surface area contributed by atoms with E-state index in [4.69, 9.17) is 23.2 Å². The Morgan fingerprint density at radius 1 is 1.14 bits per heavy atom. The molecule has 7 heteroatoms. The van der Waals surface area contributed by atoms with E-state index in [1.54, 1.807) is 11.0 Å². The fourth-order valence-electron chi connectivity index (χ4n) is 6.79. The highest BCUT2D eigenvalue weighted by Crippen LogP contribution is 2.59. The van der Waals surface area contributed by atoms with Gasteiger partial charge in [0.15, 0.2) is 0 Å². The van der Waals surface area contributed by atoms with E-state index < -0.39 is 11.5 Å². The number of β-amino-alcohol motifs (C(OH)–C–C–N with tert-alkyl or cyclic N) is 1. The summed E-state index contributed by atoms with van der Waals surface area (Å²) in [5.74, 6) is 0.335. The number of halogens is 2. The van der Waals surface area contributed by atoms with Crippen LogP contribution < -0.4 is 5.32 Å². The fraction of sp³-hybridized carbons (Fsp3) is 0.500. The van der Waals surface area contributed by atoms with Gasteiger partial charge in [-0.15, -0.1) is 0 Å². The average Bonchev–Trinajstić information content (AvgIpc) is 3.07. The van der Waals surface area contributed by atoms with E-state index in [1.807, 2.05) is 24.3 Å². The first-order chi connectivity index (χ1) is 16.7. The molecule has 0 spiro atoms. The van der Waals surface area contributed by atoms with Crippen LogP contribution in [0, 0.1) is 11.3 Å². The number of aliphatic hydroxyl groups is 1. The Kier molecular flexibility index (Phi) is 6.62. The van der Waals surface area contributed by atoms with E-state index in [2.05, 4.69) is 31.3 Å². The van der Waals surface area contributed by atoms with Gasteiger partial charge in [-0.1, -0.05) is 48.3 Å². The Hall–Kier alpha value is -2.08. The van der Waals surface area contributed by atoms with Crippen molar-refractivity contribution in [2.24, 2.45) is 11.3 Å². The molecule has 2 amide bonds. The van der Waals surface area contributed by atoms with Gasteiger partial charge in [0.25, 0.3) is 5.91 Å². The predicted molar refractivity (Wildman–Crippen MR) is 138 cm³/mol. The van der Waals surface area contributed by atoms with Crippen LogP contribution in [0.3, 0.4) is 0 Å². The van der Waals surface area contributed by atoms with E-state index in [9.17, 15) is 14.7 Å². The van der Waals surface area contributed by atoms with Crippen molar-refractivity contribution in [2.45, 2.75) is 63.5 Å². The number of hydrogen-bond acceptors (Lipinski definition) is 3. The second-order valence-corrected chi connectivity index (χ2v) is 11.6. The predicted octanol–water partition coefficient (Wildman–Crippen LogP) is 5.39. The van der Waals surface area contributed by atoms with Crippen molar-refractivity contribution in [1.29, 1.82) is 0 Å². The molecule has 2 unspecified atom stereocenters. The van der Waals surface area contributed by atoms with Crippen molar-refractivity contribution in [2.75, 3.05) is 13.1 Å². The number of piperidine rings is 1. The van der Waals surface area contributed by atoms with Gasteiger partial charge in [-0.05, 0) is 79.8 Å². The summed E-state index contributed by atoms with van der Waals surface area (Å²) >= 11 is 13.1. The van der Waals surface area contributed by atoms with Crippen LogP contribution in [0.2, 0.25) is 10.0 Å². The lowest BCUT2D eigenvalue weighted by Crippen LogP contribution is -2.42. The van der Waals surface area contributed by atoms with Gasteiger partial charge in [0.05, 0.1) is 11.5 Å². The Balaban J connectivity index is 1.50. The first-order valence-electron chi connectivity index (χ1n) is 12.5. The highest BCUT2D eigenvalue weighted by Gasteiger charge is 2.57. The number of carbonyl (C=O) groups excluding carboxylic acids is 2. The smallest absolute Gasteiger partial charge is 0.253 e. The number of rotatable bonds is 3. The molecule has 1 saturated carbocycles. The van der Waals surface area contributed by atoms with E-state index in [0.29, 0.717) is 28.7 Å². The molecule has 3 fully saturated rings. The average molecular weight is 515 g/mol. The molecule has 5 nitrogen and oxygen atoms in total. The largest absolute Gasteiger partial charge is 0.391 e. The molecule has 1 aliphatic carbocycles. The maximum Gasteiger partial charge on any atom is 0.253 e. The van der Waals surface area contributed by atoms with Gasteiger partial charge in [0, 0.05) is 40.7 Å². The molecular weight excluding hydrogens is 483 g/mol. The quantitative estimate of drug-likeness (QED) is 0.576. The molecule has 2 aromatic carbocycles. The number of likely N-dealkylation sites (tertiary alicyclic amines) is 1. The van der Waals surface area contributed by atoms with E-state index >= 15 is 0 Å². The Morgan fingerprint density at radius 2 is 1.89 bits per heavy atom. The topological polar surface area (TPSA) is 69.6 Å². The lowest BCUT2D eigenvalue weighted by molar-refractivity contribution is -0.129. The van der Waals surface area contributed by atoms with Gasteiger partial charge >= 0.3 is 0 Å². The molecular formula is C28H32Cl2N2O3. The van der Waals surface area contributed by atoms with Gasteiger partial charge < -0.3 is 15.3 Å². The van der Waals surface area contributed by atoms with Gasteiger partial charge in [-0.25, -0.2) is 0 Å². The zero-order chi connectivity index (χ0) is 24.9. The first-order valence-corrected chi connectivity index (χ1v) is 13.3. The maximum atomic E-state index is 13.1. The summed E-state index contributed by atoms with van der Waals surface area (Å²) in [5.41, 5.74) is 2.27. The molecule has 5 rings (SSSR count). The maximum absolute atomic E-state index is 13.1. The highest BCUT2D eigenvalue weighted by atomic mass is 35.5. The molecule has 2 aromatic rings. The summed E-state index contributed by atoms with van der Waals surface area (Å²) in [6.07, 6.45) is 2.67. The van der Waals surface area contributed by atoms with Crippen molar-refractivity contribution in [1.82, 2.24) is 10.2 Å². The van der Waals surface area contributed by atoms with Gasteiger partial charge in [0.1, 0.15) is 0 Å². The second-order valence-electron chi connectivity index (χ2n) is 10.7. The third-order valence-electron chi connectivity index (χ3n) is 8.53. The number of carbonyl (C=O) groups is 2. The molecule has 186 valence electrons. The monoisotopic (exact) mass is 514 g/mol. The third kappa shape index (κ3) is 4.36. The summed E-state index contributed by atoms with van der Waals surface area (Å²) in [5, 5.41) is 14.4. The molecule has 2 saturated heterocycles. The molecule has 6 atom stereocenters. The van der Waals surface area contributed by atoms with Crippen molar-refractivity contribution in [3.05, 3.63) is 69.2 Å². The fourth-order valence-corrected chi connectivity index (χ4v) is 7.24. The van der Waals surface area contributed by atoms with Crippen LogP contribution in [0.25, 0.3) is 0 Å². The SMILES string of the molecule is C[C@H]1NC(=O)[C@]2(C)CC[C@@H](c3ccc(C(=O)N4CCCC(O)C4)cc3Cl)[C@H](c3ccc(Cl)cc3)C12. The summed E-state index contributed by atoms with van der Waals surface area (Å²) in [4.78, 5) is 27.7. The third-order valence-corrected chi connectivity index (χ3v) is 9.11. The van der Waals surface area contributed by atoms with Crippen molar-refractivity contribution in [3.8, 4) is 0 Å². The van der Waals surface area contributed by atoms with E-state index in [-0.39, 0.29) is 35.6 Å². The normalized spacial score (nSPS) is 32.8. The van der Waals surface area contributed by atoms with Crippen LogP contribution in [0.5, 0.6) is 0 Å². The van der Waals surface area contributed by atoms with Crippen LogP contribution >= 0.6 is 23.2 Å². The number of nitrogens with one attached hydrogen (secondary N) is 1. The highest BCUT2D eigenvalue weighted by molar-refractivity contribution is 6.32. The van der Waals surface area contributed by atoms with Crippen molar-refractivity contribution < 1.29 is 14.7 Å². The standard InChI is InChI=1S/C28H32Cl2N2O3/c1-16-25-24(17-5-8-19(29)9-6-17)22(11-12-28(25,2)27(35)31-16)21-10-7-18(14-23(21)30)26(34)32-13-3-4-20(33)15-32/h5-10,14,16,20,22,24-25,33H,3-4,11-13,15H2,1-2H3,(H,31,35)/t16-,20?,22+,24+,25?,28-/m1/s1. The number of nitrogens with zero attached hydrogens (tertiary/aromatic N) is 1. The molecule has 2 aliphatic heterocycles. The lowest BCUT2D eigenvalue weighted by atomic mass is 9.56. The molecule has 0 aromatic heterocycles. The van der Waals surface area contributed by atoms with Crippen LogP contribution in [-0.2, 0) is 4.79 Å². The molecule has 3 aliphatic rings. The second kappa shape index (κ2) is 9.42. The van der Waals surface area contributed by atoms with Crippen LogP contribution in [0.4, 0.5) is 0 Å². The van der Waals surface area contributed by atoms with Crippen LogP contribution in [0.15, 0.2) is 42.5 Å². The Labute approximate surface area is 216 Å². The van der Waals surface area contributed by atoms with Gasteiger partial charge in [-0.2, -0.15) is 0 Å². The molecule has 2 N–H and O–H groups in total. The number of aliphatic hydroxyl groups excluding tert-OH is 1. The van der Waals surface area contributed by atoms with Crippen LogP contribution in [-0.4, -0.2) is 47.1 Å². The minimum absolute atomic E-state index is 0.0427. The Morgan fingerprint density at radius 3 is 2.57 bits per heavy atom. The van der Waals surface area contributed by atoms with Crippen molar-refractivity contribution >= 4 is 35.0 Å². The lowest BCUT2D eigenvalue weighted by Gasteiger charge is -2.46. The molecule has 0 radical (unpaired) electrons. The number of hydrogen-bond donors (Lipinski definition) is 2. The first kappa shape index (κ1) is 24.6. The molecule has 35 heavy (non-hydrogen) atoms. The molecule has 0 bridgehead atoms.